The van der Waals surface area contributed by atoms with Crippen LogP contribution in [0.1, 0.15) is 31.2 Å². The Morgan fingerprint density at radius 3 is 2.65 bits per heavy atom. The van der Waals surface area contributed by atoms with Gasteiger partial charge in [-0.25, -0.2) is 0 Å². The van der Waals surface area contributed by atoms with Crippen molar-refractivity contribution in [2.45, 2.75) is 38.1 Å². The molecule has 5 nitrogen and oxygen atoms in total. The van der Waals surface area contributed by atoms with Crippen LogP contribution in [-0.2, 0) is 16.0 Å². The Labute approximate surface area is 118 Å². The first-order valence-corrected chi connectivity index (χ1v) is 7.04. The molecule has 1 fully saturated rings. The second kappa shape index (κ2) is 6.93. The summed E-state index contributed by atoms with van der Waals surface area (Å²) in [6.45, 7) is 0.518. The number of hydrogen-bond donors (Lipinski definition) is 3. The molecule has 1 aliphatic carbocycles. The van der Waals surface area contributed by atoms with Gasteiger partial charge in [0.05, 0.1) is 6.42 Å². The van der Waals surface area contributed by atoms with Crippen molar-refractivity contribution < 1.29 is 9.59 Å². The van der Waals surface area contributed by atoms with Crippen molar-refractivity contribution in [2.24, 2.45) is 0 Å². The average Bonchev–Trinajstić information content (AvgIpc) is 3.21. The number of para-hydroxylation sites is 1. The van der Waals surface area contributed by atoms with Crippen LogP contribution in [0, 0.1) is 0 Å². The van der Waals surface area contributed by atoms with E-state index in [2.05, 4.69) is 10.6 Å². The van der Waals surface area contributed by atoms with Crippen LogP contribution in [-0.4, -0.2) is 24.4 Å². The Hall–Kier alpha value is -2.04. The van der Waals surface area contributed by atoms with Gasteiger partial charge in [0, 0.05) is 24.7 Å². The highest BCUT2D eigenvalue weighted by Crippen LogP contribution is 2.18. The summed E-state index contributed by atoms with van der Waals surface area (Å²) in [7, 11) is 0. The predicted octanol–water partition coefficient (Wildman–Crippen LogP) is 0.986. The molecular weight excluding hydrogens is 254 g/mol. The first kappa shape index (κ1) is 14.4. The number of benzene rings is 1. The molecular formula is C15H21N3O2. The van der Waals surface area contributed by atoms with Gasteiger partial charge < -0.3 is 16.4 Å². The van der Waals surface area contributed by atoms with Gasteiger partial charge in [-0.3, -0.25) is 9.59 Å². The van der Waals surface area contributed by atoms with Crippen molar-refractivity contribution in [1.29, 1.82) is 0 Å². The largest absolute Gasteiger partial charge is 0.398 e. The molecule has 0 aromatic heterocycles. The third-order valence-electron chi connectivity index (χ3n) is 3.25. The molecule has 1 aromatic rings. The summed E-state index contributed by atoms with van der Waals surface area (Å²) in [4.78, 5) is 23.2. The smallest absolute Gasteiger partial charge is 0.224 e. The first-order chi connectivity index (χ1) is 9.65. The number of hydrogen-bond acceptors (Lipinski definition) is 3. The van der Waals surface area contributed by atoms with Gasteiger partial charge in [0.25, 0.3) is 0 Å². The van der Waals surface area contributed by atoms with Gasteiger partial charge in [-0.15, -0.1) is 0 Å². The van der Waals surface area contributed by atoms with Gasteiger partial charge in [0.2, 0.25) is 11.8 Å². The second-order valence-corrected chi connectivity index (χ2v) is 5.17. The predicted molar refractivity (Wildman–Crippen MR) is 78.0 cm³/mol. The fourth-order valence-electron chi connectivity index (χ4n) is 1.93. The fraction of sp³-hybridized carbons (Fsp3) is 0.467. The fourth-order valence-corrected chi connectivity index (χ4v) is 1.93. The van der Waals surface area contributed by atoms with E-state index in [1.165, 1.54) is 0 Å². The van der Waals surface area contributed by atoms with Crippen molar-refractivity contribution in [1.82, 2.24) is 10.6 Å². The molecule has 2 amide bonds. The van der Waals surface area contributed by atoms with Crippen LogP contribution in [0.25, 0.3) is 0 Å². The van der Waals surface area contributed by atoms with Gasteiger partial charge >= 0.3 is 0 Å². The summed E-state index contributed by atoms with van der Waals surface area (Å²) in [5.74, 6) is 0.0135. The van der Waals surface area contributed by atoms with E-state index in [-0.39, 0.29) is 18.2 Å². The van der Waals surface area contributed by atoms with Crippen molar-refractivity contribution in [2.75, 3.05) is 12.3 Å². The van der Waals surface area contributed by atoms with E-state index < -0.39 is 0 Å². The van der Waals surface area contributed by atoms with Gasteiger partial charge in [-0.1, -0.05) is 18.2 Å². The topological polar surface area (TPSA) is 84.2 Å². The van der Waals surface area contributed by atoms with E-state index in [1.807, 2.05) is 18.2 Å². The van der Waals surface area contributed by atoms with Crippen LogP contribution in [0.2, 0.25) is 0 Å². The molecule has 2 rings (SSSR count). The molecule has 1 aromatic carbocycles. The van der Waals surface area contributed by atoms with E-state index in [9.17, 15) is 9.59 Å². The van der Waals surface area contributed by atoms with E-state index in [0.717, 1.165) is 18.4 Å². The maximum atomic E-state index is 11.7. The number of nitrogen functional groups attached to an aromatic ring is 1. The molecule has 20 heavy (non-hydrogen) atoms. The van der Waals surface area contributed by atoms with E-state index >= 15 is 0 Å². The summed E-state index contributed by atoms with van der Waals surface area (Å²) in [5, 5.41) is 5.73. The summed E-state index contributed by atoms with van der Waals surface area (Å²) in [6, 6.07) is 7.73. The highest BCUT2D eigenvalue weighted by Gasteiger charge is 2.22. The minimum Gasteiger partial charge on any atom is -0.398 e. The molecule has 0 spiro atoms. The number of nitrogens with one attached hydrogen (secondary N) is 2. The standard InChI is InChI=1S/C15H21N3O2/c16-13-5-2-1-4-11(13)10-15(20)17-9-3-6-14(19)18-12-7-8-12/h1-2,4-5,12H,3,6-10,16H2,(H,17,20)(H,18,19). The summed E-state index contributed by atoms with van der Waals surface area (Å²) in [5.41, 5.74) is 7.24. The number of nitrogens with two attached hydrogens (primary N) is 1. The molecule has 0 radical (unpaired) electrons. The highest BCUT2D eigenvalue weighted by molar-refractivity contribution is 5.80. The molecule has 0 unspecified atom stereocenters. The Morgan fingerprint density at radius 1 is 1.20 bits per heavy atom. The van der Waals surface area contributed by atoms with E-state index in [1.54, 1.807) is 6.07 Å². The number of rotatable bonds is 7. The minimum atomic E-state index is -0.0644. The molecule has 5 heteroatoms. The van der Waals surface area contributed by atoms with Gasteiger partial charge in [-0.2, -0.15) is 0 Å². The van der Waals surface area contributed by atoms with Crippen LogP contribution in [0.5, 0.6) is 0 Å². The minimum absolute atomic E-state index is 0.0644. The van der Waals surface area contributed by atoms with E-state index in [0.29, 0.717) is 31.1 Å². The Balaban J connectivity index is 1.60. The van der Waals surface area contributed by atoms with Gasteiger partial charge in [-0.05, 0) is 30.9 Å². The monoisotopic (exact) mass is 275 g/mol. The van der Waals surface area contributed by atoms with Crippen LogP contribution < -0.4 is 16.4 Å². The van der Waals surface area contributed by atoms with Gasteiger partial charge in [0.15, 0.2) is 0 Å². The zero-order chi connectivity index (χ0) is 14.4. The zero-order valence-electron chi connectivity index (χ0n) is 11.5. The van der Waals surface area contributed by atoms with Crippen molar-refractivity contribution in [3.8, 4) is 0 Å². The Morgan fingerprint density at radius 2 is 1.95 bits per heavy atom. The third-order valence-corrected chi connectivity index (χ3v) is 3.25. The van der Waals surface area contributed by atoms with Crippen LogP contribution in [0.4, 0.5) is 5.69 Å². The number of anilines is 1. The van der Waals surface area contributed by atoms with Crippen molar-refractivity contribution >= 4 is 17.5 Å². The van der Waals surface area contributed by atoms with Crippen LogP contribution >= 0.6 is 0 Å². The van der Waals surface area contributed by atoms with E-state index in [4.69, 9.17) is 5.73 Å². The number of carbonyl (C=O) groups excluding carboxylic acids is 2. The molecule has 0 aliphatic heterocycles. The number of carbonyl (C=O) groups is 2. The summed E-state index contributed by atoms with van der Waals surface area (Å²) in [6.07, 6.45) is 3.60. The van der Waals surface area contributed by atoms with Crippen LogP contribution in [0.15, 0.2) is 24.3 Å². The SMILES string of the molecule is Nc1ccccc1CC(=O)NCCCC(=O)NC1CC1. The molecule has 0 heterocycles. The lowest BCUT2D eigenvalue weighted by atomic mass is 10.1. The molecule has 108 valence electrons. The lowest BCUT2D eigenvalue weighted by Crippen LogP contribution is -2.29. The van der Waals surface area contributed by atoms with Crippen molar-refractivity contribution in [3.05, 3.63) is 29.8 Å². The summed E-state index contributed by atoms with van der Waals surface area (Å²) >= 11 is 0. The maximum absolute atomic E-state index is 11.7. The second-order valence-electron chi connectivity index (χ2n) is 5.17. The normalized spacial score (nSPS) is 13.8. The quantitative estimate of drug-likeness (QED) is 0.512. The van der Waals surface area contributed by atoms with Crippen molar-refractivity contribution in [3.63, 3.8) is 0 Å². The molecule has 1 saturated carbocycles. The van der Waals surface area contributed by atoms with Gasteiger partial charge in [0.1, 0.15) is 0 Å². The maximum Gasteiger partial charge on any atom is 0.224 e. The molecule has 0 bridgehead atoms. The molecule has 1 aliphatic rings. The zero-order valence-corrected chi connectivity index (χ0v) is 11.5. The lowest BCUT2D eigenvalue weighted by Gasteiger charge is -2.07. The average molecular weight is 275 g/mol. The molecule has 0 saturated heterocycles. The Bertz CT molecular complexity index is 484. The molecule has 0 atom stereocenters. The highest BCUT2D eigenvalue weighted by atomic mass is 16.2. The Kier molecular flexibility index (Phi) is 4.98. The lowest BCUT2D eigenvalue weighted by molar-refractivity contribution is -0.122. The number of amides is 2. The first-order valence-electron chi connectivity index (χ1n) is 7.04. The third kappa shape index (κ3) is 4.91. The van der Waals surface area contributed by atoms with Crippen LogP contribution in [0.3, 0.4) is 0 Å². The molecule has 4 N–H and O–H groups in total. The summed E-state index contributed by atoms with van der Waals surface area (Å²) < 4.78 is 0.